The van der Waals surface area contributed by atoms with Crippen LogP contribution < -0.4 is 10.6 Å². The Bertz CT molecular complexity index is 1060. The number of carbonyl (C=O) groups is 2. The molecule has 0 unspecified atom stereocenters. The van der Waals surface area contributed by atoms with E-state index in [1.165, 1.54) is 0 Å². The quantitative estimate of drug-likeness (QED) is 0.707. The highest BCUT2D eigenvalue weighted by Gasteiger charge is 2.23. The number of benzene rings is 2. The molecule has 0 bridgehead atoms. The van der Waals surface area contributed by atoms with Crippen LogP contribution in [0.1, 0.15) is 51.7 Å². The molecule has 0 saturated carbocycles. The van der Waals surface area contributed by atoms with Gasteiger partial charge < -0.3 is 10.6 Å². The van der Waals surface area contributed by atoms with E-state index in [1.54, 1.807) is 24.3 Å². The van der Waals surface area contributed by atoms with Gasteiger partial charge >= 0.3 is 0 Å². The Balaban J connectivity index is 1.66. The van der Waals surface area contributed by atoms with Crippen LogP contribution in [-0.2, 0) is 12.8 Å². The van der Waals surface area contributed by atoms with Crippen LogP contribution in [0.3, 0.4) is 0 Å². The van der Waals surface area contributed by atoms with E-state index < -0.39 is 0 Å². The third-order valence-corrected chi connectivity index (χ3v) is 5.06. The average Bonchev–Trinajstić information content (AvgIpc) is 3.18. The lowest BCUT2D eigenvalue weighted by Gasteiger charge is -2.13. The number of hydrogen-bond acceptors (Lipinski definition) is 3. The number of carbonyl (C=O) groups excluding carboxylic acids is 2. The zero-order chi connectivity index (χ0) is 19.5. The molecule has 2 amide bonds. The van der Waals surface area contributed by atoms with Gasteiger partial charge in [-0.05, 0) is 55.5 Å². The van der Waals surface area contributed by atoms with E-state index >= 15 is 0 Å². The zero-order valence-corrected chi connectivity index (χ0v) is 15.9. The van der Waals surface area contributed by atoms with E-state index in [4.69, 9.17) is 4.98 Å². The minimum Gasteiger partial charge on any atom is -0.352 e. The van der Waals surface area contributed by atoms with Gasteiger partial charge in [-0.15, -0.1) is 0 Å². The first-order valence-electron chi connectivity index (χ1n) is 9.77. The van der Waals surface area contributed by atoms with Gasteiger partial charge in [0.2, 0.25) is 0 Å². The monoisotopic (exact) mass is 373 g/mol. The Kier molecular flexibility index (Phi) is 5.06. The minimum atomic E-state index is -0.150. The zero-order valence-electron chi connectivity index (χ0n) is 15.9. The smallest absolute Gasteiger partial charge is 0.256 e. The molecule has 0 radical (unpaired) electrons. The lowest BCUT2D eigenvalue weighted by Crippen LogP contribution is -2.24. The standard InChI is InChI=1S/C23H23N3O2/c1-2-13-24-22(27)15-7-5-8-16(14-15)25-23(28)21-17-9-3-4-11-19(17)26-20-12-6-10-18(20)21/h3-5,7-9,11,14H,2,6,10,12-13H2,1H3,(H,24,27)(H,25,28). The van der Waals surface area contributed by atoms with E-state index in [0.29, 0.717) is 23.4 Å². The van der Waals surface area contributed by atoms with Gasteiger partial charge in [-0.3, -0.25) is 14.6 Å². The van der Waals surface area contributed by atoms with Gasteiger partial charge in [-0.1, -0.05) is 31.2 Å². The summed E-state index contributed by atoms with van der Waals surface area (Å²) in [5, 5.41) is 6.72. The van der Waals surface area contributed by atoms with Gasteiger partial charge in [0, 0.05) is 28.9 Å². The van der Waals surface area contributed by atoms with Gasteiger partial charge in [0.25, 0.3) is 11.8 Å². The molecule has 1 aliphatic rings. The Morgan fingerprint density at radius 2 is 1.89 bits per heavy atom. The number of aromatic nitrogens is 1. The predicted octanol–water partition coefficient (Wildman–Crippen LogP) is 4.12. The summed E-state index contributed by atoms with van der Waals surface area (Å²) in [6.07, 6.45) is 3.68. The van der Waals surface area contributed by atoms with Gasteiger partial charge in [0.15, 0.2) is 0 Å². The molecule has 0 aliphatic heterocycles. The molecular formula is C23H23N3O2. The largest absolute Gasteiger partial charge is 0.352 e. The fourth-order valence-electron chi connectivity index (χ4n) is 3.74. The number of amides is 2. The van der Waals surface area contributed by atoms with E-state index in [9.17, 15) is 9.59 Å². The fourth-order valence-corrected chi connectivity index (χ4v) is 3.74. The van der Waals surface area contributed by atoms with Crippen molar-refractivity contribution < 1.29 is 9.59 Å². The number of para-hydroxylation sites is 1. The molecule has 5 heteroatoms. The minimum absolute atomic E-state index is 0.131. The highest BCUT2D eigenvalue weighted by molar-refractivity contribution is 6.14. The number of aryl methyl sites for hydroxylation is 1. The lowest BCUT2D eigenvalue weighted by molar-refractivity contribution is 0.0952. The predicted molar refractivity (Wildman–Crippen MR) is 111 cm³/mol. The van der Waals surface area contributed by atoms with Gasteiger partial charge in [-0.25, -0.2) is 0 Å². The van der Waals surface area contributed by atoms with Crippen LogP contribution in [-0.4, -0.2) is 23.3 Å². The summed E-state index contributed by atoms with van der Waals surface area (Å²) in [6.45, 7) is 2.64. The molecule has 1 aromatic heterocycles. The summed E-state index contributed by atoms with van der Waals surface area (Å²) < 4.78 is 0. The summed E-state index contributed by atoms with van der Waals surface area (Å²) in [5.74, 6) is -0.281. The summed E-state index contributed by atoms with van der Waals surface area (Å²) in [4.78, 5) is 30.1. The molecule has 0 saturated heterocycles. The lowest BCUT2D eigenvalue weighted by atomic mass is 10.0. The molecular weight excluding hydrogens is 350 g/mol. The molecule has 2 aromatic carbocycles. The first kappa shape index (κ1) is 18.2. The van der Waals surface area contributed by atoms with Gasteiger partial charge in [0.05, 0.1) is 11.1 Å². The van der Waals surface area contributed by atoms with E-state index in [0.717, 1.165) is 47.8 Å². The highest BCUT2D eigenvalue weighted by atomic mass is 16.2. The molecule has 0 atom stereocenters. The van der Waals surface area contributed by atoms with Crippen molar-refractivity contribution in [1.29, 1.82) is 0 Å². The molecule has 1 aliphatic carbocycles. The fraction of sp³-hybridized carbons (Fsp3) is 0.261. The third-order valence-electron chi connectivity index (χ3n) is 5.06. The number of anilines is 1. The van der Waals surface area contributed by atoms with Crippen LogP contribution in [0.5, 0.6) is 0 Å². The molecule has 0 fully saturated rings. The highest BCUT2D eigenvalue weighted by Crippen LogP contribution is 2.30. The second kappa shape index (κ2) is 7.80. The number of nitrogens with one attached hydrogen (secondary N) is 2. The topological polar surface area (TPSA) is 71.1 Å². The van der Waals surface area contributed by atoms with Crippen molar-refractivity contribution in [2.75, 3.05) is 11.9 Å². The second-order valence-corrected chi connectivity index (χ2v) is 7.07. The molecule has 0 spiro atoms. The van der Waals surface area contributed by atoms with Crippen molar-refractivity contribution in [1.82, 2.24) is 10.3 Å². The van der Waals surface area contributed by atoms with Crippen LogP contribution in [0.4, 0.5) is 5.69 Å². The van der Waals surface area contributed by atoms with Gasteiger partial charge in [0.1, 0.15) is 0 Å². The van der Waals surface area contributed by atoms with Crippen LogP contribution in [0.2, 0.25) is 0 Å². The van der Waals surface area contributed by atoms with Gasteiger partial charge in [-0.2, -0.15) is 0 Å². The third kappa shape index (κ3) is 3.48. The first-order valence-corrected chi connectivity index (χ1v) is 9.77. The summed E-state index contributed by atoms with van der Waals surface area (Å²) in [6, 6.07) is 14.8. The Hall–Kier alpha value is -3.21. The molecule has 3 aromatic rings. The Morgan fingerprint density at radius 1 is 1.04 bits per heavy atom. The van der Waals surface area contributed by atoms with E-state index in [1.807, 2.05) is 31.2 Å². The molecule has 142 valence electrons. The Morgan fingerprint density at radius 3 is 2.75 bits per heavy atom. The van der Waals surface area contributed by atoms with Crippen molar-refractivity contribution in [2.24, 2.45) is 0 Å². The van der Waals surface area contributed by atoms with Crippen molar-refractivity contribution in [2.45, 2.75) is 32.6 Å². The van der Waals surface area contributed by atoms with Crippen LogP contribution >= 0.6 is 0 Å². The maximum Gasteiger partial charge on any atom is 0.256 e. The SMILES string of the molecule is CCCNC(=O)c1cccc(NC(=O)c2c3c(nc4ccccc24)CCC3)c1. The number of nitrogens with zero attached hydrogens (tertiary/aromatic N) is 1. The Labute approximate surface area is 164 Å². The number of hydrogen-bond donors (Lipinski definition) is 2. The molecule has 5 nitrogen and oxygen atoms in total. The molecule has 28 heavy (non-hydrogen) atoms. The van der Waals surface area contributed by atoms with Crippen molar-refractivity contribution >= 4 is 28.4 Å². The number of rotatable bonds is 5. The van der Waals surface area contributed by atoms with Crippen LogP contribution in [0.15, 0.2) is 48.5 Å². The normalized spacial score (nSPS) is 12.6. The first-order chi connectivity index (χ1) is 13.7. The summed E-state index contributed by atoms with van der Waals surface area (Å²) >= 11 is 0. The van der Waals surface area contributed by atoms with Crippen LogP contribution in [0.25, 0.3) is 10.9 Å². The molecule has 4 rings (SSSR count). The summed E-state index contributed by atoms with van der Waals surface area (Å²) in [7, 11) is 0. The maximum absolute atomic E-state index is 13.2. The molecule has 1 heterocycles. The van der Waals surface area contributed by atoms with E-state index in [2.05, 4.69) is 10.6 Å². The van der Waals surface area contributed by atoms with Crippen molar-refractivity contribution in [3.05, 3.63) is 70.9 Å². The number of fused-ring (bicyclic) bond motifs is 2. The second-order valence-electron chi connectivity index (χ2n) is 7.07. The summed E-state index contributed by atoms with van der Waals surface area (Å²) in [5.41, 5.74) is 4.78. The van der Waals surface area contributed by atoms with Crippen molar-refractivity contribution in [3.63, 3.8) is 0 Å². The van der Waals surface area contributed by atoms with E-state index in [-0.39, 0.29) is 11.8 Å². The number of pyridine rings is 1. The molecule has 2 N–H and O–H groups in total. The van der Waals surface area contributed by atoms with Crippen molar-refractivity contribution in [3.8, 4) is 0 Å². The van der Waals surface area contributed by atoms with Crippen LogP contribution in [0, 0.1) is 0 Å². The average molecular weight is 373 g/mol. The maximum atomic E-state index is 13.2.